The zero-order valence-corrected chi connectivity index (χ0v) is 18.7. The van der Waals surface area contributed by atoms with Crippen LogP contribution in [0.5, 0.6) is 5.75 Å². The zero-order chi connectivity index (χ0) is 22.1. The molecule has 0 bridgehead atoms. The predicted molar refractivity (Wildman–Crippen MR) is 114 cm³/mol. The van der Waals surface area contributed by atoms with Crippen molar-refractivity contribution in [1.29, 1.82) is 5.26 Å². The molecule has 156 valence electrons. The standard InChI is InChI=1S/C11H8BrF2NO2.C5H8N2.2C2H6/c12-8-3-9-6(1-7(4-16)15-9)2-10(8)17-5-11(13)14;1-7(2)5-3-4-6;2*1-2/h1-4,11,15H,5H2;3,5H,1-2H3;2*1-2H3/b;5-3-;;. The Morgan fingerprint density at radius 2 is 1.86 bits per heavy atom. The van der Waals surface area contributed by atoms with E-state index in [4.69, 9.17) is 10.00 Å². The molecule has 0 amide bonds. The summed E-state index contributed by atoms with van der Waals surface area (Å²) in [4.78, 5) is 15.3. The third kappa shape index (κ3) is 11.3. The minimum Gasteiger partial charge on any atom is -0.486 e. The van der Waals surface area contributed by atoms with Gasteiger partial charge < -0.3 is 14.6 Å². The molecule has 0 radical (unpaired) electrons. The summed E-state index contributed by atoms with van der Waals surface area (Å²) in [6, 6.07) is 6.79. The lowest BCUT2D eigenvalue weighted by atomic mass is 10.2. The average molecular weight is 460 g/mol. The van der Waals surface area contributed by atoms with Gasteiger partial charge in [0.1, 0.15) is 12.4 Å². The van der Waals surface area contributed by atoms with E-state index in [9.17, 15) is 13.6 Å². The van der Waals surface area contributed by atoms with Crippen LogP contribution in [0.4, 0.5) is 8.78 Å². The van der Waals surface area contributed by atoms with Gasteiger partial charge in [0.15, 0.2) is 6.29 Å². The van der Waals surface area contributed by atoms with Gasteiger partial charge in [0.2, 0.25) is 0 Å². The number of nitrogens with one attached hydrogen (secondary N) is 1. The molecule has 1 N–H and O–H groups in total. The van der Waals surface area contributed by atoms with Crippen molar-refractivity contribution in [3.05, 3.63) is 40.6 Å². The van der Waals surface area contributed by atoms with Crippen LogP contribution in [-0.2, 0) is 0 Å². The molecule has 0 aliphatic heterocycles. The highest BCUT2D eigenvalue weighted by atomic mass is 79.9. The van der Waals surface area contributed by atoms with Gasteiger partial charge in [-0.05, 0) is 34.1 Å². The van der Waals surface area contributed by atoms with E-state index in [1.54, 1.807) is 24.4 Å². The van der Waals surface area contributed by atoms with Crippen LogP contribution in [0.2, 0.25) is 0 Å². The fourth-order valence-corrected chi connectivity index (χ4v) is 2.12. The van der Waals surface area contributed by atoms with Crippen molar-refractivity contribution in [3.8, 4) is 11.8 Å². The molecule has 0 saturated carbocycles. The summed E-state index contributed by atoms with van der Waals surface area (Å²) in [7, 11) is 3.74. The summed E-state index contributed by atoms with van der Waals surface area (Å²) in [6.07, 6.45) is 1.29. The largest absolute Gasteiger partial charge is 0.486 e. The number of benzene rings is 1. The Hall–Kier alpha value is -2.40. The number of carbonyl (C=O) groups excluding carboxylic acids is 1. The molecule has 28 heavy (non-hydrogen) atoms. The number of rotatable bonds is 5. The van der Waals surface area contributed by atoms with Crippen LogP contribution in [0.15, 0.2) is 34.9 Å². The number of hydrogen-bond donors (Lipinski definition) is 1. The second-order valence-corrected chi connectivity index (χ2v) is 5.68. The Bertz CT molecular complexity index is 754. The third-order valence-electron chi connectivity index (χ3n) is 2.63. The van der Waals surface area contributed by atoms with Gasteiger partial charge in [-0.15, -0.1) is 0 Å². The monoisotopic (exact) mass is 459 g/mol. The van der Waals surface area contributed by atoms with Crippen LogP contribution in [0.25, 0.3) is 10.9 Å². The van der Waals surface area contributed by atoms with E-state index >= 15 is 0 Å². The Morgan fingerprint density at radius 1 is 1.25 bits per heavy atom. The van der Waals surface area contributed by atoms with Gasteiger partial charge in [0.05, 0.1) is 16.2 Å². The van der Waals surface area contributed by atoms with Crippen molar-refractivity contribution in [1.82, 2.24) is 9.88 Å². The van der Waals surface area contributed by atoms with Crippen LogP contribution >= 0.6 is 15.9 Å². The molecular weight excluding hydrogens is 432 g/mol. The lowest BCUT2D eigenvalue weighted by Crippen LogP contribution is -2.07. The molecule has 5 nitrogen and oxygen atoms in total. The van der Waals surface area contributed by atoms with E-state index < -0.39 is 13.0 Å². The van der Waals surface area contributed by atoms with Crippen LogP contribution in [-0.4, -0.2) is 43.3 Å². The maximum absolute atomic E-state index is 12.0. The number of alkyl halides is 2. The van der Waals surface area contributed by atoms with Crippen molar-refractivity contribution in [2.75, 3.05) is 20.7 Å². The molecule has 0 saturated heterocycles. The summed E-state index contributed by atoms with van der Waals surface area (Å²) < 4.78 is 29.6. The second-order valence-electron chi connectivity index (χ2n) is 4.82. The number of nitriles is 1. The molecule has 1 aromatic carbocycles. The molecule has 1 heterocycles. The van der Waals surface area contributed by atoms with E-state index in [1.807, 2.05) is 52.8 Å². The molecular formula is C20H28BrF2N3O2. The first-order valence-corrected chi connectivity index (χ1v) is 9.57. The summed E-state index contributed by atoms with van der Waals surface area (Å²) in [5, 5.41) is 8.69. The summed E-state index contributed by atoms with van der Waals surface area (Å²) in [6.45, 7) is 7.34. The first-order chi connectivity index (χ1) is 13.4. The molecule has 0 aliphatic rings. The molecule has 0 fully saturated rings. The van der Waals surface area contributed by atoms with Crippen LogP contribution in [0.3, 0.4) is 0 Å². The van der Waals surface area contributed by atoms with E-state index in [-0.39, 0.29) is 0 Å². The number of H-pyrrole nitrogens is 1. The SMILES string of the molecule is CC.CC.CN(C)/C=C\C#N.O=Cc1cc2cc(OCC(F)F)c(Br)cc2[nH]1. The highest BCUT2D eigenvalue weighted by Crippen LogP contribution is 2.30. The number of carbonyl (C=O) groups is 1. The number of fused-ring (bicyclic) bond motifs is 1. The van der Waals surface area contributed by atoms with Gasteiger partial charge in [0, 0.05) is 37.3 Å². The number of aldehydes is 1. The fraction of sp³-hybridized carbons (Fsp3) is 0.400. The topological polar surface area (TPSA) is 69.1 Å². The van der Waals surface area contributed by atoms with Gasteiger partial charge >= 0.3 is 0 Å². The van der Waals surface area contributed by atoms with Crippen LogP contribution in [0, 0.1) is 11.3 Å². The van der Waals surface area contributed by atoms with Gasteiger partial charge in [-0.25, -0.2) is 8.78 Å². The minimum atomic E-state index is -2.52. The number of hydrogen-bond acceptors (Lipinski definition) is 4. The first kappa shape index (κ1) is 27.8. The van der Waals surface area contributed by atoms with Crippen LogP contribution < -0.4 is 4.74 Å². The molecule has 1 aromatic heterocycles. The smallest absolute Gasteiger partial charge is 0.272 e. The number of allylic oxidation sites excluding steroid dienone is 1. The molecule has 0 spiro atoms. The first-order valence-electron chi connectivity index (χ1n) is 8.78. The molecule has 2 rings (SSSR count). The van der Waals surface area contributed by atoms with E-state index in [2.05, 4.69) is 20.9 Å². The zero-order valence-electron chi connectivity index (χ0n) is 17.1. The van der Waals surface area contributed by atoms with Crippen molar-refractivity contribution in [3.63, 3.8) is 0 Å². The van der Waals surface area contributed by atoms with Crippen molar-refractivity contribution in [2.24, 2.45) is 0 Å². The van der Waals surface area contributed by atoms with Gasteiger partial charge in [-0.1, -0.05) is 27.7 Å². The average Bonchev–Trinajstić information content (AvgIpc) is 3.09. The normalized spacial score (nSPS) is 9.32. The number of ether oxygens (including phenoxy) is 1. The van der Waals surface area contributed by atoms with E-state index in [0.29, 0.717) is 22.2 Å². The maximum Gasteiger partial charge on any atom is 0.272 e. The molecule has 0 atom stereocenters. The third-order valence-corrected chi connectivity index (χ3v) is 3.25. The van der Waals surface area contributed by atoms with Gasteiger partial charge in [0.25, 0.3) is 6.43 Å². The van der Waals surface area contributed by atoms with Gasteiger partial charge in [-0.3, -0.25) is 4.79 Å². The van der Waals surface area contributed by atoms with E-state index in [0.717, 1.165) is 10.9 Å². The maximum atomic E-state index is 12.0. The fourth-order valence-electron chi connectivity index (χ4n) is 1.67. The lowest BCUT2D eigenvalue weighted by molar-refractivity contribution is 0.0816. The predicted octanol–water partition coefficient (Wildman–Crippen LogP) is 6.02. The number of aromatic amines is 1. The van der Waals surface area contributed by atoms with Gasteiger partial charge in [-0.2, -0.15) is 5.26 Å². The number of nitrogens with zero attached hydrogens (tertiary/aromatic N) is 2. The molecule has 8 heteroatoms. The summed E-state index contributed by atoms with van der Waals surface area (Å²) in [5.74, 6) is 0.328. The lowest BCUT2D eigenvalue weighted by Gasteiger charge is -2.07. The highest BCUT2D eigenvalue weighted by molar-refractivity contribution is 9.10. The Balaban J connectivity index is 0. The van der Waals surface area contributed by atoms with Crippen molar-refractivity contribution in [2.45, 2.75) is 34.1 Å². The number of halogens is 3. The Morgan fingerprint density at radius 3 is 2.29 bits per heavy atom. The summed E-state index contributed by atoms with van der Waals surface area (Å²) in [5.41, 5.74) is 1.17. The van der Waals surface area contributed by atoms with Crippen LogP contribution in [0.1, 0.15) is 38.2 Å². The molecule has 2 aromatic rings. The van der Waals surface area contributed by atoms with Crippen molar-refractivity contribution < 1.29 is 18.3 Å². The minimum absolute atomic E-state index is 0.328. The highest BCUT2D eigenvalue weighted by Gasteiger charge is 2.09. The van der Waals surface area contributed by atoms with Crippen molar-refractivity contribution >= 4 is 33.1 Å². The number of aromatic nitrogens is 1. The summed E-state index contributed by atoms with van der Waals surface area (Å²) >= 11 is 3.22. The molecule has 0 aliphatic carbocycles. The Labute approximate surface area is 174 Å². The molecule has 0 unspecified atom stereocenters. The quantitative estimate of drug-likeness (QED) is 0.437. The Kier molecular flexibility index (Phi) is 16.6. The second kappa shape index (κ2) is 16.8. The van der Waals surface area contributed by atoms with E-state index in [1.165, 1.54) is 6.08 Å².